The van der Waals surface area contributed by atoms with Crippen molar-refractivity contribution >= 4 is 28.8 Å². The summed E-state index contributed by atoms with van der Waals surface area (Å²) < 4.78 is 1.91. The first-order chi connectivity index (χ1) is 14.8. The number of rotatable bonds is 3. The average molecular weight is 438 g/mol. The highest BCUT2D eigenvalue weighted by atomic mass is 32.2. The third kappa shape index (κ3) is 3.66. The summed E-state index contributed by atoms with van der Waals surface area (Å²) in [6.07, 6.45) is 0.224. The van der Waals surface area contributed by atoms with Gasteiger partial charge in [-0.05, 0) is 17.7 Å². The lowest BCUT2D eigenvalue weighted by atomic mass is 10.0. The van der Waals surface area contributed by atoms with Gasteiger partial charge in [0.25, 0.3) is 11.2 Å². The first-order valence-corrected chi connectivity index (χ1v) is 10.2. The number of nitrogens with zero attached hydrogens (tertiary/aromatic N) is 4. The number of nitro benzene ring substituents is 1. The fourth-order valence-electron chi connectivity index (χ4n) is 3.48. The van der Waals surface area contributed by atoms with Gasteiger partial charge in [0.2, 0.25) is 5.88 Å². The van der Waals surface area contributed by atoms with E-state index < -0.39 is 22.1 Å². The molecule has 1 aliphatic heterocycles. The third-order valence-corrected chi connectivity index (χ3v) is 6.47. The van der Waals surface area contributed by atoms with Gasteiger partial charge in [0.05, 0.1) is 16.3 Å². The highest BCUT2D eigenvalue weighted by Crippen LogP contribution is 2.46. The minimum Gasteiger partial charge on any atom is -0.494 e. The maximum Gasteiger partial charge on any atom is 0.333 e. The van der Waals surface area contributed by atoms with E-state index >= 15 is 0 Å². The minimum atomic E-state index is -0.651. The molecule has 2 aromatic carbocycles. The zero-order valence-electron chi connectivity index (χ0n) is 16.7. The van der Waals surface area contributed by atoms with Crippen LogP contribution < -0.4 is 11.2 Å². The molecule has 0 amide bonds. The molecule has 0 aliphatic carbocycles. The lowest BCUT2D eigenvalue weighted by Crippen LogP contribution is -2.40. The second kappa shape index (κ2) is 7.88. The summed E-state index contributed by atoms with van der Waals surface area (Å²) in [6.45, 7) is 0. The monoisotopic (exact) mass is 438 g/mol. The Bertz CT molecular complexity index is 1360. The van der Waals surface area contributed by atoms with Crippen molar-refractivity contribution in [1.82, 2.24) is 9.13 Å². The summed E-state index contributed by atoms with van der Waals surface area (Å²) in [5.74, 6) is -0.464. The Labute approximate surface area is 180 Å². The molecule has 31 heavy (non-hydrogen) atoms. The summed E-state index contributed by atoms with van der Waals surface area (Å²) >= 11 is 1.48. The van der Waals surface area contributed by atoms with Gasteiger partial charge in [-0.15, -0.1) is 11.8 Å². The molecule has 158 valence electrons. The van der Waals surface area contributed by atoms with E-state index in [1.54, 1.807) is 18.2 Å². The molecule has 0 saturated heterocycles. The average Bonchev–Trinajstić information content (AvgIpc) is 2.96. The van der Waals surface area contributed by atoms with E-state index in [0.29, 0.717) is 17.0 Å². The van der Waals surface area contributed by atoms with Gasteiger partial charge in [0.15, 0.2) is 0 Å². The van der Waals surface area contributed by atoms with E-state index in [9.17, 15) is 24.8 Å². The number of thioether (sulfide) groups is 1. The first kappa shape index (κ1) is 20.6. The summed E-state index contributed by atoms with van der Waals surface area (Å²) in [6, 6.07) is 13.7. The number of fused-ring (bicyclic) bond motifs is 1. The fourth-order valence-corrected chi connectivity index (χ4v) is 4.70. The molecular weight excluding hydrogens is 420 g/mol. The van der Waals surface area contributed by atoms with E-state index in [1.807, 2.05) is 18.2 Å². The highest BCUT2D eigenvalue weighted by Gasteiger charge is 2.28. The SMILES string of the molecule is Cn1c(O)c(C2=Nc3ccccc3S[C@H](c3cccc([N+](=O)[O-])c3)C2)c(=O)n(C)c1=O. The first-order valence-electron chi connectivity index (χ1n) is 9.35. The van der Waals surface area contributed by atoms with Gasteiger partial charge in [-0.1, -0.05) is 24.3 Å². The van der Waals surface area contributed by atoms with Gasteiger partial charge < -0.3 is 5.11 Å². The quantitative estimate of drug-likeness (QED) is 0.496. The molecule has 4 rings (SSSR count). The Balaban J connectivity index is 1.93. The van der Waals surface area contributed by atoms with Gasteiger partial charge in [-0.25, -0.2) is 4.79 Å². The van der Waals surface area contributed by atoms with E-state index in [1.165, 1.54) is 38.0 Å². The van der Waals surface area contributed by atoms with Gasteiger partial charge in [0, 0.05) is 42.8 Å². The molecule has 0 spiro atoms. The largest absolute Gasteiger partial charge is 0.494 e. The van der Waals surface area contributed by atoms with Crippen molar-refractivity contribution < 1.29 is 10.0 Å². The predicted molar refractivity (Wildman–Crippen MR) is 118 cm³/mol. The van der Waals surface area contributed by atoms with Crippen LogP contribution in [-0.2, 0) is 14.1 Å². The van der Waals surface area contributed by atoms with Crippen LogP contribution in [0.4, 0.5) is 11.4 Å². The standard InChI is InChI=1S/C21H18N4O5S/c1-23-19(26)18(20(27)24(2)21(23)28)15-11-17(12-6-5-7-13(10-12)25(29)30)31-16-9-4-3-8-14(16)22-15/h3-10,17,26H,11H2,1-2H3/t17-/m0/s1. The summed E-state index contributed by atoms with van der Waals surface area (Å²) in [5.41, 5.74) is 0.234. The molecule has 9 nitrogen and oxygen atoms in total. The van der Waals surface area contributed by atoms with Crippen LogP contribution in [0.3, 0.4) is 0 Å². The van der Waals surface area contributed by atoms with Crippen LogP contribution in [0.15, 0.2) is 68.0 Å². The van der Waals surface area contributed by atoms with Crippen molar-refractivity contribution in [2.75, 3.05) is 0 Å². The zero-order valence-corrected chi connectivity index (χ0v) is 17.5. The number of nitro groups is 1. The fraction of sp³-hybridized carbons (Fsp3) is 0.190. The lowest BCUT2D eigenvalue weighted by molar-refractivity contribution is -0.384. The highest BCUT2D eigenvalue weighted by molar-refractivity contribution is 7.99. The molecular formula is C21H18N4O5S. The van der Waals surface area contributed by atoms with Crippen LogP contribution >= 0.6 is 11.8 Å². The number of non-ortho nitro benzene ring substituents is 1. The smallest absolute Gasteiger partial charge is 0.333 e. The molecule has 1 N–H and O–H groups in total. The van der Waals surface area contributed by atoms with Crippen LogP contribution in [0, 0.1) is 10.1 Å². The summed E-state index contributed by atoms with van der Waals surface area (Å²) in [4.78, 5) is 41.3. The summed E-state index contributed by atoms with van der Waals surface area (Å²) in [7, 11) is 2.71. The zero-order chi connectivity index (χ0) is 22.3. The lowest BCUT2D eigenvalue weighted by Gasteiger charge is -2.17. The number of hydrogen-bond acceptors (Lipinski definition) is 7. The normalized spacial score (nSPS) is 15.7. The number of aromatic hydroxyl groups is 1. The molecule has 3 aromatic rings. The maximum absolute atomic E-state index is 12.9. The predicted octanol–water partition coefficient (Wildman–Crippen LogP) is 3.06. The van der Waals surface area contributed by atoms with Crippen molar-refractivity contribution in [2.45, 2.75) is 16.6 Å². The van der Waals surface area contributed by atoms with Crippen molar-refractivity contribution in [3.8, 4) is 5.88 Å². The number of aromatic nitrogens is 2. The van der Waals surface area contributed by atoms with E-state index in [-0.39, 0.29) is 22.9 Å². The van der Waals surface area contributed by atoms with Gasteiger partial charge in [0.1, 0.15) is 5.56 Å². The van der Waals surface area contributed by atoms with Crippen molar-refractivity contribution in [3.05, 3.63) is 90.6 Å². The molecule has 0 radical (unpaired) electrons. The van der Waals surface area contributed by atoms with Crippen molar-refractivity contribution in [3.63, 3.8) is 0 Å². The Morgan fingerprint density at radius 3 is 2.61 bits per heavy atom. The molecule has 10 heteroatoms. The second-order valence-corrected chi connectivity index (χ2v) is 8.34. The van der Waals surface area contributed by atoms with E-state index in [0.717, 1.165) is 14.0 Å². The number of benzene rings is 2. The summed E-state index contributed by atoms with van der Waals surface area (Å²) in [5, 5.41) is 21.6. The topological polar surface area (TPSA) is 120 Å². The van der Waals surface area contributed by atoms with Crippen LogP contribution in [-0.4, -0.2) is 24.9 Å². The molecule has 1 aromatic heterocycles. The maximum atomic E-state index is 12.9. The van der Waals surface area contributed by atoms with Crippen molar-refractivity contribution in [2.24, 2.45) is 19.1 Å². The van der Waals surface area contributed by atoms with E-state index in [4.69, 9.17) is 0 Å². The number of para-hydroxylation sites is 1. The molecule has 0 saturated carbocycles. The Morgan fingerprint density at radius 1 is 1.13 bits per heavy atom. The van der Waals surface area contributed by atoms with Gasteiger partial charge in [-0.3, -0.25) is 29.0 Å². The molecule has 0 fully saturated rings. The minimum absolute atomic E-state index is 0.0324. The van der Waals surface area contributed by atoms with Crippen LogP contribution in [0.25, 0.3) is 0 Å². The van der Waals surface area contributed by atoms with Crippen LogP contribution in [0.5, 0.6) is 5.88 Å². The van der Waals surface area contributed by atoms with Crippen molar-refractivity contribution in [1.29, 1.82) is 0 Å². The number of aliphatic imine (C=N–C) groups is 1. The second-order valence-electron chi connectivity index (χ2n) is 7.09. The molecule has 0 bridgehead atoms. The Hall–Kier alpha value is -3.66. The van der Waals surface area contributed by atoms with Crippen LogP contribution in [0.2, 0.25) is 0 Å². The Morgan fingerprint density at radius 2 is 1.87 bits per heavy atom. The van der Waals surface area contributed by atoms with Gasteiger partial charge >= 0.3 is 5.69 Å². The third-order valence-electron chi connectivity index (χ3n) is 5.14. The van der Waals surface area contributed by atoms with Gasteiger partial charge in [-0.2, -0.15) is 0 Å². The number of hydrogen-bond donors (Lipinski definition) is 1. The molecule has 1 atom stereocenters. The molecule has 0 unspecified atom stereocenters. The molecule has 2 heterocycles. The Kier molecular flexibility index (Phi) is 5.24. The van der Waals surface area contributed by atoms with Crippen LogP contribution in [0.1, 0.15) is 22.8 Å². The van der Waals surface area contributed by atoms with E-state index in [2.05, 4.69) is 4.99 Å². The molecule has 1 aliphatic rings.